The predicted molar refractivity (Wildman–Crippen MR) is 70.5 cm³/mol. The second kappa shape index (κ2) is 5.08. The highest BCUT2D eigenvalue weighted by molar-refractivity contribution is 4.87. The molecule has 0 aromatic heterocycles. The van der Waals surface area contributed by atoms with Gasteiger partial charge in [0.25, 0.3) is 0 Å². The van der Waals surface area contributed by atoms with Crippen molar-refractivity contribution in [3.8, 4) is 0 Å². The molecule has 94 valence electrons. The van der Waals surface area contributed by atoms with Gasteiger partial charge in [0, 0.05) is 6.04 Å². The second-order valence-corrected chi connectivity index (χ2v) is 7.05. The van der Waals surface area contributed by atoms with Crippen LogP contribution in [0.2, 0.25) is 0 Å². The summed E-state index contributed by atoms with van der Waals surface area (Å²) in [5.74, 6) is 1.85. The number of hydrogen-bond acceptors (Lipinski definition) is 1. The lowest BCUT2D eigenvalue weighted by atomic mass is 9.70. The lowest BCUT2D eigenvalue weighted by Gasteiger charge is -2.40. The molecule has 0 bridgehead atoms. The maximum Gasteiger partial charge on any atom is 0.00932 e. The van der Waals surface area contributed by atoms with Crippen molar-refractivity contribution in [3.63, 3.8) is 0 Å². The van der Waals surface area contributed by atoms with E-state index in [2.05, 4.69) is 26.1 Å². The Balaban J connectivity index is 1.73. The van der Waals surface area contributed by atoms with Crippen LogP contribution in [0.3, 0.4) is 0 Å². The number of nitrogens with one attached hydrogen (secondary N) is 1. The fraction of sp³-hybridized carbons (Fsp3) is 1.00. The smallest absolute Gasteiger partial charge is 0.00932 e. The molecular weight excluding hydrogens is 194 g/mol. The summed E-state index contributed by atoms with van der Waals surface area (Å²) < 4.78 is 0. The molecule has 2 fully saturated rings. The van der Waals surface area contributed by atoms with Crippen molar-refractivity contribution in [2.45, 2.75) is 71.8 Å². The van der Waals surface area contributed by atoms with Crippen LogP contribution in [-0.4, -0.2) is 12.6 Å². The summed E-state index contributed by atoms with van der Waals surface area (Å²) in [6.45, 7) is 8.58. The van der Waals surface area contributed by atoms with Gasteiger partial charge in [0.2, 0.25) is 0 Å². The molecule has 2 aliphatic rings. The Morgan fingerprint density at radius 2 is 1.81 bits per heavy atom. The van der Waals surface area contributed by atoms with Gasteiger partial charge in [-0.05, 0) is 55.9 Å². The van der Waals surface area contributed by atoms with Crippen LogP contribution in [-0.2, 0) is 0 Å². The maximum atomic E-state index is 3.85. The first-order valence-corrected chi connectivity index (χ1v) is 7.30. The first-order chi connectivity index (χ1) is 7.57. The van der Waals surface area contributed by atoms with Crippen LogP contribution in [0.1, 0.15) is 65.7 Å². The van der Waals surface area contributed by atoms with Gasteiger partial charge in [-0.1, -0.05) is 33.6 Å². The molecule has 0 saturated heterocycles. The molecule has 0 heterocycles. The van der Waals surface area contributed by atoms with Crippen LogP contribution in [0.4, 0.5) is 0 Å². The highest BCUT2D eigenvalue weighted by Crippen LogP contribution is 2.38. The van der Waals surface area contributed by atoms with Crippen LogP contribution in [0.15, 0.2) is 0 Å². The number of hydrogen-bond donors (Lipinski definition) is 1. The first kappa shape index (κ1) is 12.4. The van der Waals surface area contributed by atoms with Crippen molar-refractivity contribution in [3.05, 3.63) is 0 Å². The van der Waals surface area contributed by atoms with E-state index in [1.165, 1.54) is 51.5 Å². The van der Waals surface area contributed by atoms with E-state index >= 15 is 0 Å². The first-order valence-electron chi connectivity index (χ1n) is 7.30. The SMILES string of the molecule is CC1CC(C)(C)CCC1NCC1CCCC1. The van der Waals surface area contributed by atoms with E-state index in [1.54, 1.807) is 0 Å². The molecule has 1 heteroatoms. The number of rotatable bonds is 3. The van der Waals surface area contributed by atoms with Gasteiger partial charge in [0.15, 0.2) is 0 Å². The Morgan fingerprint density at radius 3 is 2.44 bits per heavy atom. The fourth-order valence-corrected chi connectivity index (χ4v) is 3.78. The normalized spacial score (nSPS) is 35.4. The van der Waals surface area contributed by atoms with E-state index in [1.807, 2.05) is 0 Å². The van der Waals surface area contributed by atoms with Gasteiger partial charge < -0.3 is 5.32 Å². The summed E-state index contributed by atoms with van der Waals surface area (Å²) in [5, 5.41) is 3.85. The summed E-state index contributed by atoms with van der Waals surface area (Å²) in [6.07, 6.45) is 10.1. The topological polar surface area (TPSA) is 12.0 Å². The van der Waals surface area contributed by atoms with Crippen molar-refractivity contribution < 1.29 is 0 Å². The minimum atomic E-state index is 0.588. The zero-order chi connectivity index (χ0) is 11.6. The molecule has 0 spiro atoms. The fourth-order valence-electron chi connectivity index (χ4n) is 3.78. The molecule has 2 rings (SSSR count). The van der Waals surface area contributed by atoms with Crippen LogP contribution in [0.5, 0.6) is 0 Å². The average Bonchev–Trinajstić information content (AvgIpc) is 2.68. The zero-order valence-corrected chi connectivity index (χ0v) is 11.4. The summed E-state index contributed by atoms with van der Waals surface area (Å²) in [5.41, 5.74) is 0.588. The molecule has 1 nitrogen and oxygen atoms in total. The van der Waals surface area contributed by atoms with Crippen LogP contribution in [0.25, 0.3) is 0 Å². The highest BCUT2D eigenvalue weighted by Gasteiger charge is 2.32. The third kappa shape index (κ3) is 3.23. The third-order valence-electron chi connectivity index (χ3n) is 4.84. The van der Waals surface area contributed by atoms with Crippen molar-refractivity contribution in [1.29, 1.82) is 0 Å². The quantitative estimate of drug-likeness (QED) is 0.763. The van der Waals surface area contributed by atoms with E-state index in [0.717, 1.165) is 17.9 Å². The summed E-state index contributed by atoms with van der Waals surface area (Å²) in [6, 6.07) is 0.800. The van der Waals surface area contributed by atoms with Gasteiger partial charge in [0.05, 0.1) is 0 Å². The van der Waals surface area contributed by atoms with Gasteiger partial charge in [-0.15, -0.1) is 0 Å². The predicted octanol–water partition coefficient (Wildman–Crippen LogP) is 3.98. The Labute approximate surface area is 101 Å². The Kier molecular flexibility index (Phi) is 3.94. The van der Waals surface area contributed by atoms with Crippen molar-refractivity contribution in [1.82, 2.24) is 5.32 Å². The zero-order valence-electron chi connectivity index (χ0n) is 11.4. The van der Waals surface area contributed by atoms with Gasteiger partial charge >= 0.3 is 0 Å². The minimum absolute atomic E-state index is 0.588. The summed E-state index contributed by atoms with van der Waals surface area (Å²) >= 11 is 0. The van der Waals surface area contributed by atoms with E-state index < -0.39 is 0 Å². The van der Waals surface area contributed by atoms with Crippen LogP contribution in [0, 0.1) is 17.3 Å². The largest absolute Gasteiger partial charge is 0.313 e. The van der Waals surface area contributed by atoms with Gasteiger partial charge in [-0.2, -0.15) is 0 Å². The van der Waals surface area contributed by atoms with Crippen molar-refractivity contribution in [2.75, 3.05) is 6.54 Å². The molecule has 0 aromatic carbocycles. The van der Waals surface area contributed by atoms with Crippen LogP contribution >= 0.6 is 0 Å². The monoisotopic (exact) mass is 223 g/mol. The molecule has 0 aliphatic heterocycles. The van der Waals surface area contributed by atoms with Crippen molar-refractivity contribution >= 4 is 0 Å². The standard InChI is InChI=1S/C15H29N/c1-12-10-15(2,3)9-8-14(12)16-11-13-6-4-5-7-13/h12-14,16H,4-11H2,1-3H3. The molecule has 2 saturated carbocycles. The molecule has 0 amide bonds. The maximum absolute atomic E-state index is 3.85. The lowest BCUT2D eigenvalue weighted by Crippen LogP contribution is -2.43. The third-order valence-corrected chi connectivity index (χ3v) is 4.84. The van der Waals surface area contributed by atoms with Crippen LogP contribution < -0.4 is 5.32 Å². The van der Waals surface area contributed by atoms with Gasteiger partial charge in [-0.25, -0.2) is 0 Å². The van der Waals surface area contributed by atoms with E-state index in [9.17, 15) is 0 Å². The Morgan fingerprint density at radius 1 is 1.12 bits per heavy atom. The highest BCUT2D eigenvalue weighted by atomic mass is 14.9. The van der Waals surface area contributed by atoms with Gasteiger partial charge in [-0.3, -0.25) is 0 Å². The minimum Gasteiger partial charge on any atom is -0.313 e. The molecule has 2 atom stereocenters. The average molecular weight is 223 g/mol. The molecule has 16 heavy (non-hydrogen) atoms. The molecule has 2 aliphatic carbocycles. The Bertz CT molecular complexity index is 215. The molecule has 0 aromatic rings. The summed E-state index contributed by atoms with van der Waals surface area (Å²) in [7, 11) is 0. The van der Waals surface area contributed by atoms with E-state index in [0.29, 0.717) is 5.41 Å². The molecule has 1 N–H and O–H groups in total. The summed E-state index contributed by atoms with van der Waals surface area (Å²) in [4.78, 5) is 0. The van der Waals surface area contributed by atoms with Gasteiger partial charge in [0.1, 0.15) is 0 Å². The Hall–Kier alpha value is -0.0400. The van der Waals surface area contributed by atoms with E-state index in [-0.39, 0.29) is 0 Å². The van der Waals surface area contributed by atoms with Crippen molar-refractivity contribution in [2.24, 2.45) is 17.3 Å². The molecular formula is C15H29N. The molecule has 2 unspecified atom stereocenters. The second-order valence-electron chi connectivity index (χ2n) is 7.05. The van der Waals surface area contributed by atoms with E-state index in [4.69, 9.17) is 0 Å². The lowest BCUT2D eigenvalue weighted by molar-refractivity contribution is 0.146. The molecule has 0 radical (unpaired) electrons.